The van der Waals surface area contributed by atoms with Gasteiger partial charge in [0, 0.05) is 18.9 Å². The molecule has 2 atom stereocenters. The summed E-state index contributed by atoms with van der Waals surface area (Å²) in [7, 11) is 0. The van der Waals surface area contributed by atoms with Gasteiger partial charge in [-0.2, -0.15) is 0 Å². The highest BCUT2D eigenvalue weighted by Crippen LogP contribution is 2.16. The molecule has 1 saturated heterocycles. The van der Waals surface area contributed by atoms with E-state index < -0.39 is 6.04 Å². The standard InChI is InChI=1S/C11H18N2O3.C2H6/c1-2-10(15)13-9(7-14)6-8-4-3-5-12-11(8)16;1-2/h7-9H,2-6H2,1H3,(H,12,16)(H,13,15);1-2H3/t8?,9-;/m0./s1. The first kappa shape index (κ1) is 16.6. The van der Waals surface area contributed by atoms with Crippen molar-refractivity contribution >= 4 is 18.1 Å². The molecule has 0 aromatic heterocycles. The van der Waals surface area contributed by atoms with Gasteiger partial charge < -0.3 is 15.4 Å². The van der Waals surface area contributed by atoms with Crippen LogP contribution in [0.15, 0.2) is 0 Å². The normalized spacial score (nSPS) is 19.9. The highest BCUT2D eigenvalue weighted by Gasteiger charge is 2.25. The molecule has 0 aliphatic carbocycles. The van der Waals surface area contributed by atoms with Crippen molar-refractivity contribution in [2.75, 3.05) is 6.54 Å². The second kappa shape index (κ2) is 9.62. The predicted octanol–water partition coefficient (Wildman–Crippen LogP) is 1.02. The fourth-order valence-corrected chi connectivity index (χ4v) is 1.82. The second-order valence-electron chi connectivity index (χ2n) is 4.03. The molecule has 1 heterocycles. The number of nitrogens with one attached hydrogen (secondary N) is 2. The molecule has 2 N–H and O–H groups in total. The lowest BCUT2D eigenvalue weighted by Crippen LogP contribution is -2.43. The van der Waals surface area contributed by atoms with E-state index in [1.165, 1.54) is 0 Å². The van der Waals surface area contributed by atoms with Gasteiger partial charge in [-0.25, -0.2) is 0 Å². The van der Waals surface area contributed by atoms with E-state index in [4.69, 9.17) is 0 Å². The van der Waals surface area contributed by atoms with Gasteiger partial charge in [0.15, 0.2) is 0 Å². The summed E-state index contributed by atoms with van der Waals surface area (Å²) in [5, 5.41) is 5.36. The van der Waals surface area contributed by atoms with Crippen molar-refractivity contribution < 1.29 is 14.4 Å². The molecule has 0 bridgehead atoms. The van der Waals surface area contributed by atoms with Crippen molar-refractivity contribution in [1.82, 2.24) is 10.6 Å². The molecule has 0 aromatic rings. The lowest BCUT2D eigenvalue weighted by atomic mass is 9.92. The van der Waals surface area contributed by atoms with Crippen LogP contribution in [0.3, 0.4) is 0 Å². The van der Waals surface area contributed by atoms with Crippen LogP contribution in [0.5, 0.6) is 0 Å². The van der Waals surface area contributed by atoms with Crippen molar-refractivity contribution in [3.05, 3.63) is 0 Å². The minimum atomic E-state index is -0.540. The number of carbonyl (C=O) groups is 3. The summed E-state index contributed by atoms with van der Waals surface area (Å²) in [5.74, 6) is -0.321. The van der Waals surface area contributed by atoms with Gasteiger partial charge in [-0.3, -0.25) is 9.59 Å². The maximum absolute atomic E-state index is 11.5. The molecule has 5 heteroatoms. The highest BCUT2D eigenvalue weighted by molar-refractivity contribution is 5.81. The average molecular weight is 256 g/mol. The van der Waals surface area contributed by atoms with E-state index in [0.717, 1.165) is 12.8 Å². The Bertz CT molecular complexity index is 279. The zero-order valence-electron chi connectivity index (χ0n) is 11.5. The number of carbonyl (C=O) groups excluding carboxylic acids is 3. The zero-order chi connectivity index (χ0) is 14.0. The molecule has 1 aliphatic rings. The monoisotopic (exact) mass is 256 g/mol. The Morgan fingerprint density at radius 2 is 2.22 bits per heavy atom. The first-order chi connectivity index (χ1) is 8.67. The van der Waals surface area contributed by atoms with Gasteiger partial charge in [-0.05, 0) is 19.3 Å². The quantitative estimate of drug-likeness (QED) is 0.721. The van der Waals surface area contributed by atoms with Crippen molar-refractivity contribution in [2.24, 2.45) is 5.92 Å². The Morgan fingerprint density at radius 1 is 1.56 bits per heavy atom. The maximum Gasteiger partial charge on any atom is 0.223 e. The number of aldehydes is 1. The van der Waals surface area contributed by atoms with E-state index in [2.05, 4.69) is 10.6 Å². The highest BCUT2D eigenvalue weighted by atomic mass is 16.2. The van der Waals surface area contributed by atoms with Crippen LogP contribution in [0.1, 0.15) is 46.5 Å². The molecule has 5 nitrogen and oxygen atoms in total. The first-order valence-electron chi connectivity index (χ1n) is 6.69. The summed E-state index contributed by atoms with van der Waals surface area (Å²) in [4.78, 5) is 33.4. The molecule has 0 radical (unpaired) electrons. The summed E-state index contributed by atoms with van der Waals surface area (Å²) >= 11 is 0. The van der Waals surface area contributed by atoms with Crippen LogP contribution in [-0.2, 0) is 14.4 Å². The number of amides is 2. The fraction of sp³-hybridized carbons (Fsp3) is 0.769. The van der Waals surface area contributed by atoms with Crippen molar-refractivity contribution in [3.8, 4) is 0 Å². The van der Waals surface area contributed by atoms with Gasteiger partial charge in [0.2, 0.25) is 11.8 Å². The lowest BCUT2D eigenvalue weighted by molar-refractivity contribution is -0.128. The average Bonchev–Trinajstić information content (AvgIpc) is 2.42. The molecule has 104 valence electrons. The first-order valence-corrected chi connectivity index (χ1v) is 6.69. The molecule has 0 spiro atoms. The lowest BCUT2D eigenvalue weighted by Gasteiger charge is -2.24. The van der Waals surface area contributed by atoms with Crippen LogP contribution >= 0.6 is 0 Å². The maximum atomic E-state index is 11.5. The number of hydrogen-bond donors (Lipinski definition) is 2. The molecule has 18 heavy (non-hydrogen) atoms. The van der Waals surface area contributed by atoms with E-state index in [9.17, 15) is 14.4 Å². The molecular weight excluding hydrogens is 232 g/mol. The number of hydrogen-bond acceptors (Lipinski definition) is 3. The third-order valence-electron chi connectivity index (χ3n) is 2.77. The van der Waals surface area contributed by atoms with Crippen LogP contribution in [0.2, 0.25) is 0 Å². The van der Waals surface area contributed by atoms with Crippen molar-refractivity contribution in [3.63, 3.8) is 0 Å². The van der Waals surface area contributed by atoms with Crippen LogP contribution in [-0.4, -0.2) is 30.7 Å². The van der Waals surface area contributed by atoms with Crippen LogP contribution in [0.25, 0.3) is 0 Å². The molecule has 0 saturated carbocycles. The Kier molecular flexibility index (Phi) is 8.88. The van der Waals surface area contributed by atoms with E-state index in [1.807, 2.05) is 13.8 Å². The number of rotatable bonds is 5. The van der Waals surface area contributed by atoms with E-state index in [-0.39, 0.29) is 17.7 Å². The zero-order valence-corrected chi connectivity index (χ0v) is 11.5. The number of piperidine rings is 1. The van der Waals surface area contributed by atoms with Crippen LogP contribution in [0.4, 0.5) is 0 Å². The molecule has 1 fully saturated rings. The Hall–Kier alpha value is -1.39. The summed E-state index contributed by atoms with van der Waals surface area (Å²) < 4.78 is 0. The van der Waals surface area contributed by atoms with Gasteiger partial charge in [-0.15, -0.1) is 0 Å². The third-order valence-corrected chi connectivity index (χ3v) is 2.77. The topological polar surface area (TPSA) is 75.3 Å². The molecule has 1 unspecified atom stereocenters. The SMILES string of the molecule is CC.CCC(=O)N[C@H](C=O)CC1CCCNC1=O. The van der Waals surface area contributed by atoms with E-state index in [0.29, 0.717) is 25.7 Å². The van der Waals surface area contributed by atoms with Crippen molar-refractivity contribution in [1.29, 1.82) is 0 Å². The molecule has 0 aromatic carbocycles. The van der Waals surface area contributed by atoms with Crippen LogP contribution < -0.4 is 10.6 Å². The van der Waals surface area contributed by atoms with E-state index in [1.54, 1.807) is 6.92 Å². The summed E-state index contributed by atoms with van der Waals surface area (Å²) in [5.41, 5.74) is 0. The second-order valence-corrected chi connectivity index (χ2v) is 4.03. The predicted molar refractivity (Wildman–Crippen MR) is 70.0 cm³/mol. The molecular formula is C13H24N2O3. The Labute approximate surface area is 109 Å². The van der Waals surface area contributed by atoms with E-state index >= 15 is 0 Å². The Morgan fingerprint density at radius 3 is 2.72 bits per heavy atom. The molecule has 1 aliphatic heterocycles. The minimum absolute atomic E-state index is 0.0103. The summed E-state index contributed by atoms with van der Waals surface area (Å²) in [6.45, 7) is 6.44. The Balaban J connectivity index is 0.00000137. The molecule has 1 rings (SSSR count). The minimum Gasteiger partial charge on any atom is -0.356 e. The third kappa shape index (κ3) is 5.80. The van der Waals surface area contributed by atoms with Gasteiger partial charge in [0.1, 0.15) is 6.29 Å². The fourth-order valence-electron chi connectivity index (χ4n) is 1.82. The van der Waals surface area contributed by atoms with Gasteiger partial charge in [-0.1, -0.05) is 20.8 Å². The summed E-state index contributed by atoms with van der Waals surface area (Å²) in [6.07, 6.45) is 3.18. The van der Waals surface area contributed by atoms with Gasteiger partial charge in [0.25, 0.3) is 0 Å². The smallest absolute Gasteiger partial charge is 0.223 e. The molecule has 2 amide bonds. The van der Waals surface area contributed by atoms with Crippen LogP contribution in [0, 0.1) is 5.92 Å². The largest absolute Gasteiger partial charge is 0.356 e. The van der Waals surface area contributed by atoms with Gasteiger partial charge >= 0.3 is 0 Å². The van der Waals surface area contributed by atoms with Crippen molar-refractivity contribution in [2.45, 2.75) is 52.5 Å². The summed E-state index contributed by atoms with van der Waals surface area (Å²) in [6, 6.07) is -0.540. The van der Waals surface area contributed by atoms with Gasteiger partial charge in [0.05, 0.1) is 6.04 Å².